The molecule has 29 heteroatoms. The van der Waals surface area contributed by atoms with Gasteiger partial charge >= 0.3 is 19.8 Å². The van der Waals surface area contributed by atoms with E-state index >= 15 is 0 Å². The number of allylic oxidation sites excluding steroid dienone is 4. The Kier molecular flexibility index (Phi) is 48.9. The molecule has 0 aliphatic carbocycles. The number of rotatable bonds is 57. The van der Waals surface area contributed by atoms with Crippen LogP contribution in [0.4, 0.5) is 0 Å². The van der Waals surface area contributed by atoms with E-state index < -0.39 is 156 Å². The first kappa shape index (κ1) is 89.6. The highest BCUT2D eigenvalue weighted by Gasteiger charge is 2.54. The lowest BCUT2D eigenvalue weighted by Crippen LogP contribution is -2.68. The van der Waals surface area contributed by atoms with E-state index in [0.29, 0.717) is 25.7 Å². The zero-order valence-electron chi connectivity index (χ0n) is 59.5. The molecule has 3 saturated heterocycles. The molecular formula is C70H126N3O25P. The normalized spacial score (nSPS) is 26.7. The fraction of sp³-hybridized carbons (Fsp3) is 0.871. The fourth-order valence-electron chi connectivity index (χ4n) is 11.6. The molecule has 0 aromatic carbocycles. The molecule has 1 unspecified atom stereocenters. The molecule has 3 fully saturated rings. The molecule has 0 radical (unpaired) electrons. The summed E-state index contributed by atoms with van der Waals surface area (Å²) in [6, 6.07) is -1.35. The fourth-order valence-corrected chi connectivity index (χ4v) is 12.4. The van der Waals surface area contributed by atoms with Crippen LogP contribution in [-0.4, -0.2) is 226 Å². The number of unbranched alkanes of at least 4 members (excludes halogenated alkanes) is 23. The number of hydrogen-bond donors (Lipinski definition) is 12. The zero-order valence-corrected chi connectivity index (χ0v) is 60.4. The summed E-state index contributed by atoms with van der Waals surface area (Å²) in [4.78, 5) is 73.8. The second-order valence-electron chi connectivity index (χ2n) is 26.2. The first-order chi connectivity index (χ1) is 47.7. The van der Waals surface area contributed by atoms with Crippen molar-refractivity contribution in [1.29, 1.82) is 0 Å². The standard InChI is InChI=1S/C70H126N3O25P/c1-5-7-9-11-13-15-17-19-21-23-25-27-29-31-33-40-57(79)90-48-52(94-58(80)41-34-32-30-28-26-24-22-20-18-16-14-12-10-8-6-2)49-92-99(87,88)91-45-43-72-56(78)39-36-35-38-55(77)71-42-37-44-89-68-59(73-51(4)76)62(83)66(54(47-75)96-68)97-70-67(64(85)61(82)53(46-74)95-70)98-69-65(86)63(84)60(81)50(3)93-69/h19-22,50,52-54,59-70,74-75,81-86H,5-18,23-49H2,1-4H3,(H,71,77)(H,72,78)(H,73,76)(H,87,88)/b21-19-,22-20-/t50-,52-,53+,54+,59+,60+,61-,62+,63+,64-,65-,66+,67+,68+,69+,70-/m0/s1. The van der Waals surface area contributed by atoms with Crippen molar-refractivity contribution in [3.8, 4) is 0 Å². The van der Waals surface area contributed by atoms with Gasteiger partial charge in [-0.1, -0.05) is 141 Å². The summed E-state index contributed by atoms with van der Waals surface area (Å²) in [6.45, 7) is 3.88. The topological polar surface area (TPSA) is 413 Å². The quantitative estimate of drug-likeness (QED) is 0.0134. The number of aliphatic hydroxyl groups excluding tert-OH is 8. The van der Waals surface area contributed by atoms with Gasteiger partial charge in [0, 0.05) is 45.7 Å². The summed E-state index contributed by atoms with van der Waals surface area (Å²) in [5.41, 5.74) is 0. The number of esters is 2. The van der Waals surface area contributed by atoms with E-state index in [9.17, 15) is 74.3 Å². The van der Waals surface area contributed by atoms with E-state index in [0.717, 1.165) is 84.0 Å². The Bertz CT molecular complexity index is 2280. The molecule has 576 valence electrons. The third kappa shape index (κ3) is 38.6. The highest BCUT2D eigenvalue weighted by atomic mass is 31.2. The van der Waals surface area contributed by atoms with Crippen LogP contribution in [0.15, 0.2) is 24.3 Å². The van der Waals surface area contributed by atoms with E-state index in [2.05, 4.69) is 54.1 Å². The van der Waals surface area contributed by atoms with Gasteiger partial charge in [-0.05, 0) is 90.4 Å². The number of hydrogen-bond acceptors (Lipinski definition) is 24. The van der Waals surface area contributed by atoms with Crippen LogP contribution in [0.1, 0.15) is 240 Å². The largest absolute Gasteiger partial charge is 0.472 e. The molecule has 0 spiro atoms. The Hall–Kier alpha value is -3.62. The van der Waals surface area contributed by atoms with Gasteiger partial charge in [0.05, 0.1) is 39.1 Å². The van der Waals surface area contributed by atoms with Gasteiger partial charge in [-0.25, -0.2) is 4.57 Å². The van der Waals surface area contributed by atoms with E-state index in [1.165, 1.54) is 84.0 Å². The molecule has 3 rings (SSSR count). The highest BCUT2D eigenvalue weighted by molar-refractivity contribution is 7.47. The monoisotopic (exact) mass is 1440 g/mol. The van der Waals surface area contributed by atoms with Crippen LogP contribution in [0.3, 0.4) is 0 Å². The Morgan fingerprint density at radius 3 is 1.51 bits per heavy atom. The number of phosphoric ester groups is 1. The molecule has 0 aromatic rings. The third-order valence-electron chi connectivity index (χ3n) is 17.5. The van der Waals surface area contributed by atoms with Gasteiger partial charge in [-0.15, -0.1) is 0 Å². The maximum atomic E-state index is 13.0. The van der Waals surface area contributed by atoms with Gasteiger partial charge in [0.2, 0.25) is 17.7 Å². The molecule has 3 heterocycles. The van der Waals surface area contributed by atoms with Crippen molar-refractivity contribution in [3.63, 3.8) is 0 Å². The number of ether oxygens (including phenoxy) is 8. The first-order valence-corrected chi connectivity index (χ1v) is 38.4. The molecule has 3 aliphatic heterocycles. The minimum absolute atomic E-state index is 0.0316. The first-order valence-electron chi connectivity index (χ1n) is 36.9. The highest BCUT2D eigenvalue weighted by Crippen LogP contribution is 2.43. The maximum absolute atomic E-state index is 13.0. The van der Waals surface area contributed by atoms with Gasteiger partial charge in [-0.3, -0.25) is 33.0 Å². The van der Waals surface area contributed by atoms with Crippen LogP contribution in [0.2, 0.25) is 0 Å². The molecule has 3 aliphatic rings. The van der Waals surface area contributed by atoms with E-state index in [1.807, 2.05) is 0 Å². The SMILES string of the molecule is CCCCCCCC/C=C\CCCCCCCC(=O)OC[C@@H](COP(=O)(O)OCCNC(=O)CCCCC(=O)NCCCO[C@@H]1O[C@H](CO)[C@@H](O[C@@H]2O[C@H](CO)[C@H](O)[C@H](O)[C@H]2O[C@H]2O[C@@H](C)[C@@H](O)[C@@H](O)[C@@H]2O)[C@H](O)[C@H]1NC(C)=O)OC(=O)CCCCCCC/C=C\CCCCCCCC. The Balaban J connectivity index is 1.37. The lowest BCUT2D eigenvalue weighted by atomic mass is 9.95. The summed E-state index contributed by atoms with van der Waals surface area (Å²) in [7, 11) is -4.73. The van der Waals surface area contributed by atoms with Crippen molar-refractivity contribution in [3.05, 3.63) is 24.3 Å². The summed E-state index contributed by atoms with van der Waals surface area (Å²) in [5.74, 6) is -2.39. The number of amides is 3. The van der Waals surface area contributed by atoms with Gasteiger partial charge < -0.3 is 99.6 Å². The smallest absolute Gasteiger partial charge is 0.462 e. The molecule has 0 bridgehead atoms. The van der Waals surface area contributed by atoms with Crippen LogP contribution in [0, 0.1) is 0 Å². The summed E-state index contributed by atoms with van der Waals surface area (Å²) < 4.78 is 69.0. The maximum Gasteiger partial charge on any atom is 0.472 e. The summed E-state index contributed by atoms with van der Waals surface area (Å²) >= 11 is 0. The lowest BCUT2D eigenvalue weighted by molar-refractivity contribution is -0.382. The van der Waals surface area contributed by atoms with Crippen molar-refractivity contribution in [2.75, 3.05) is 52.7 Å². The van der Waals surface area contributed by atoms with Crippen molar-refractivity contribution < 1.29 is 121 Å². The van der Waals surface area contributed by atoms with E-state index in [4.69, 9.17) is 46.9 Å². The van der Waals surface area contributed by atoms with Crippen molar-refractivity contribution in [1.82, 2.24) is 16.0 Å². The molecule has 12 N–H and O–H groups in total. The van der Waals surface area contributed by atoms with Gasteiger partial charge in [0.15, 0.2) is 25.0 Å². The zero-order chi connectivity index (χ0) is 72.6. The van der Waals surface area contributed by atoms with Crippen molar-refractivity contribution >= 4 is 37.5 Å². The second kappa shape index (κ2) is 54.1. The Morgan fingerprint density at radius 2 is 0.970 bits per heavy atom. The number of nitrogens with one attached hydrogen (secondary N) is 3. The molecule has 0 aromatic heterocycles. The van der Waals surface area contributed by atoms with Crippen molar-refractivity contribution in [2.24, 2.45) is 0 Å². The second-order valence-corrected chi connectivity index (χ2v) is 27.7. The summed E-state index contributed by atoms with van der Waals surface area (Å²) in [5, 5.41) is 92.7. The minimum Gasteiger partial charge on any atom is -0.462 e. The van der Waals surface area contributed by atoms with Crippen LogP contribution in [0.5, 0.6) is 0 Å². The molecule has 0 saturated carbocycles. The predicted octanol–water partition coefficient (Wildman–Crippen LogP) is 6.47. The minimum atomic E-state index is -4.73. The number of phosphoric acid groups is 1. The van der Waals surface area contributed by atoms with Gasteiger partial charge in [0.25, 0.3) is 0 Å². The molecule has 28 nitrogen and oxygen atoms in total. The molecule has 99 heavy (non-hydrogen) atoms. The van der Waals surface area contributed by atoms with Gasteiger partial charge in [-0.2, -0.15) is 0 Å². The Labute approximate surface area is 587 Å². The summed E-state index contributed by atoms with van der Waals surface area (Å²) in [6.07, 6.45) is 15.5. The third-order valence-corrected chi connectivity index (χ3v) is 18.5. The average molecular weight is 1440 g/mol. The molecule has 17 atom stereocenters. The molecule has 3 amide bonds. The van der Waals surface area contributed by atoms with E-state index in [1.54, 1.807) is 0 Å². The Morgan fingerprint density at radius 1 is 0.485 bits per heavy atom. The lowest BCUT2D eigenvalue weighted by Gasteiger charge is -2.49. The van der Waals surface area contributed by atoms with Crippen LogP contribution < -0.4 is 16.0 Å². The van der Waals surface area contributed by atoms with Crippen LogP contribution in [-0.2, 0) is 75.5 Å². The number of carbonyl (C=O) groups is 5. The van der Waals surface area contributed by atoms with Crippen LogP contribution >= 0.6 is 7.82 Å². The number of aliphatic hydroxyl groups is 8. The van der Waals surface area contributed by atoms with Crippen LogP contribution in [0.25, 0.3) is 0 Å². The molecular weight excluding hydrogens is 1310 g/mol. The average Bonchev–Trinajstić information content (AvgIpc) is 1.83. The van der Waals surface area contributed by atoms with Gasteiger partial charge in [0.1, 0.15) is 73.7 Å². The number of carbonyl (C=O) groups excluding carboxylic acids is 5. The predicted molar refractivity (Wildman–Crippen MR) is 366 cm³/mol. The van der Waals surface area contributed by atoms with Crippen molar-refractivity contribution in [2.45, 2.75) is 338 Å². The van der Waals surface area contributed by atoms with E-state index in [-0.39, 0.29) is 64.3 Å².